The number of benzene rings is 1. The third-order valence-electron chi connectivity index (χ3n) is 4.48. The minimum Gasteiger partial charge on any atom is -0.342 e. The van der Waals surface area contributed by atoms with E-state index in [0.29, 0.717) is 11.7 Å². The number of hydrogen-bond acceptors (Lipinski definition) is 4. The maximum atomic E-state index is 12.5. The number of rotatable bonds is 4. The van der Waals surface area contributed by atoms with Gasteiger partial charge in [-0.3, -0.25) is 9.36 Å². The summed E-state index contributed by atoms with van der Waals surface area (Å²) in [6.07, 6.45) is 4.05. The van der Waals surface area contributed by atoms with Gasteiger partial charge in [-0.2, -0.15) is 0 Å². The van der Waals surface area contributed by atoms with Crippen LogP contribution in [0.2, 0.25) is 0 Å². The highest BCUT2D eigenvalue weighted by atomic mass is 32.2. The standard InChI is InChI=1S/C18H24N4OS/c1-13-6-7-15(3)16(9-13)22-12-19-20-18(22)24-11-17(23)21-8-4-5-14(2)10-21/h6-7,9,12,14H,4-5,8,10-11H2,1-3H3. The Morgan fingerprint density at radius 3 is 3.00 bits per heavy atom. The average Bonchev–Trinajstić information content (AvgIpc) is 3.03. The van der Waals surface area contributed by atoms with Crippen molar-refractivity contribution in [2.75, 3.05) is 18.8 Å². The Kier molecular flexibility index (Phi) is 5.23. The number of nitrogens with zero attached hydrogens (tertiary/aromatic N) is 4. The predicted octanol–water partition coefficient (Wildman–Crippen LogP) is 3.23. The number of hydrogen-bond donors (Lipinski definition) is 0. The van der Waals surface area contributed by atoms with Gasteiger partial charge in [-0.1, -0.05) is 30.8 Å². The number of amides is 1. The predicted molar refractivity (Wildman–Crippen MR) is 96.5 cm³/mol. The van der Waals surface area contributed by atoms with Gasteiger partial charge in [0.05, 0.1) is 11.4 Å². The molecule has 0 radical (unpaired) electrons. The SMILES string of the molecule is Cc1ccc(C)c(-n2cnnc2SCC(=O)N2CCCC(C)C2)c1. The maximum absolute atomic E-state index is 12.5. The molecule has 0 spiro atoms. The van der Waals surface area contributed by atoms with Crippen LogP contribution < -0.4 is 0 Å². The third-order valence-corrected chi connectivity index (χ3v) is 5.40. The number of piperidine rings is 1. The Balaban J connectivity index is 1.70. The zero-order chi connectivity index (χ0) is 17.1. The van der Waals surface area contributed by atoms with Crippen LogP contribution in [-0.2, 0) is 4.79 Å². The molecule has 5 nitrogen and oxygen atoms in total. The Morgan fingerprint density at radius 1 is 1.38 bits per heavy atom. The van der Waals surface area contributed by atoms with Crippen LogP contribution in [0.15, 0.2) is 29.7 Å². The van der Waals surface area contributed by atoms with Crippen molar-refractivity contribution in [2.45, 2.75) is 38.8 Å². The molecule has 0 bridgehead atoms. The fraction of sp³-hybridized carbons (Fsp3) is 0.500. The van der Waals surface area contributed by atoms with E-state index in [-0.39, 0.29) is 5.91 Å². The van der Waals surface area contributed by atoms with Crippen LogP contribution in [0.4, 0.5) is 0 Å². The molecule has 24 heavy (non-hydrogen) atoms. The zero-order valence-corrected chi connectivity index (χ0v) is 15.3. The molecule has 2 heterocycles. The monoisotopic (exact) mass is 344 g/mol. The molecular formula is C18H24N4OS. The first kappa shape index (κ1) is 17.0. The lowest BCUT2D eigenvalue weighted by molar-refractivity contribution is -0.130. The normalized spacial score (nSPS) is 18.0. The molecule has 6 heteroatoms. The highest BCUT2D eigenvalue weighted by Gasteiger charge is 2.21. The maximum Gasteiger partial charge on any atom is 0.233 e. The molecule has 0 saturated carbocycles. The first-order valence-electron chi connectivity index (χ1n) is 8.43. The Bertz CT molecular complexity index is 728. The van der Waals surface area contributed by atoms with Crippen molar-refractivity contribution in [1.82, 2.24) is 19.7 Å². The summed E-state index contributed by atoms with van der Waals surface area (Å²) in [4.78, 5) is 14.4. The summed E-state index contributed by atoms with van der Waals surface area (Å²) in [5, 5.41) is 9.01. The molecule has 1 aromatic carbocycles. The van der Waals surface area contributed by atoms with Gasteiger partial charge in [0.2, 0.25) is 5.91 Å². The smallest absolute Gasteiger partial charge is 0.233 e. The lowest BCUT2D eigenvalue weighted by atomic mass is 10.0. The highest BCUT2D eigenvalue weighted by Crippen LogP contribution is 2.24. The van der Waals surface area contributed by atoms with Crippen molar-refractivity contribution >= 4 is 17.7 Å². The molecule has 128 valence electrons. The van der Waals surface area contributed by atoms with Crippen molar-refractivity contribution in [3.05, 3.63) is 35.7 Å². The summed E-state index contributed by atoms with van der Waals surface area (Å²) in [6.45, 7) is 8.12. The number of carbonyl (C=O) groups excluding carboxylic acids is 1. The Morgan fingerprint density at radius 2 is 2.21 bits per heavy atom. The summed E-state index contributed by atoms with van der Waals surface area (Å²) in [7, 11) is 0. The second-order valence-corrected chi connectivity index (χ2v) is 7.59. The van der Waals surface area contributed by atoms with Crippen molar-refractivity contribution in [3.63, 3.8) is 0 Å². The van der Waals surface area contributed by atoms with Crippen LogP contribution in [0.5, 0.6) is 0 Å². The molecular weight excluding hydrogens is 320 g/mol. The lowest BCUT2D eigenvalue weighted by Gasteiger charge is -2.30. The van der Waals surface area contributed by atoms with E-state index in [4.69, 9.17) is 0 Å². The Hall–Kier alpha value is -1.82. The van der Waals surface area contributed by atoms with Crippen LogP contribution >= 0.6 is 11.8 Å². The summed E-state index contributed by atoms with van der Waals surface area (Å²) >= 11 is 1.46. The van der Waals surface area contributed by atoms with Crippen molar-refractivity contribution in [2.24, 2.45) is 5.92 Å². The van der Waals surface area contributed by atoms with Crippen molar-refractivity contribution < 1.29 is 4.79 Å². The third kappa shape index (κ3) is 3.80. The summed E-state index contributed by atoms with van der Waals surface area (Å²) in [5.41, 5.74) is 3.43. The van der Waals surface area contributed by atoms with E-state index in [2.05, 4.69) is 49.2 Å². The van der Waals surface area contributed by atoms with Crippen LogP contribution in [-0.4, -0.2) is 44.4 Å². The van der Waals surface area contributed by atoms with Crippen molar-refractivity contribution in [1.29, 1.82) is 0 Å². The van der Waals surface area contributed by atoms with Crippen molar-refractivity contribution in [3.8, 4) is 5.69 Å². The lowest BCUT2D eigenvalue weighted by Crippen LogP contribution is -2.40. The van der Waals surface area contributed by atoms with E-state index in [1.54, 1.807) is 6.33 Å². The minimum absolute atomic E-state index is 0.196. The van der Waals surface area contributed by atoms with Gasteiger partial charge in [0.1, 0.15) is 6.33 Å². The summed E-state index contributed by atoms with van der Waals surface area (Å²) < 4.78 is 1.97. The number of likely N-dealkylation sites (tertiary alicyclic amines) is 1. The van der Waals surface area contributed by atoms with Gasteiger partial charge in [0.15, 0.2) is 5.16 Å². The molecule has 1 aliphatic heterocycles. The first-order chi connectivity index (χ1) is 11.5. The molecule has 3 rings (SSSR count). The fourth-order valence-corrected chi connectivity index (χ4v) is 3.93. The van der Waals surface area contributed by atoms with Crippen LogP contribution in [0, 0.1) is 19.8 Å². The molecule has 1 fully saturated rings. The largest absolute Gasteiger partial charge is 0.342 e. The first-order valence-corrected chi connectivity index (χ1v) is 9.41. The fourth-order valence-electron chi connectivity index (χ4n) is 3.10. The van der Waals surface area contributed by atoms with E-state index in [1.807, 2.05) is 9.47 Å². The number of aryl methyl sites for hydroxylation is 2. The minimum atomic E-state index is 0.196. The van der Waals surface area contributed by atoms with E-state index < -0.39 is 0 Å². The Labute approximate surface area is 147 Å². The molecule has 1 unspecified atom stereocenters. The van der Waals surface area contributed by atoms with Gasteiger partial charge in [0, 0.05) is 13.1 Å². The van der Waals surface area contributed by atoms with Gasteiger partial charge in [-0.25, -0.2) is 0 Å². The highest BCUT2D eigenvalue weighted by molar-refractivity contribution is 7.99. The molecule has 0 aliphatic carbocycles. The van der Waals surface area contributed by atoms with Crippen LogP contribution in [0.1, 0.15) is 30.9 Å². The van der Waals surface area contributed by atoms with E-state index in [9.17, 15) is 4.79 Å². The van der Waals surface area contributed by atoms with Gasteiger partial charge in [-0.05, 0) is 49.8 Å². The molecule has 2 aromatic rings. The quantitative estimate of drug-likeness (QED) is 0.799. The number of aromatic nitrogens is 3. The van der Waals surface area contributed by atoms with Crippen LogP contribution in [0.3, 0.4) is 0 Å². The topological polar surface area (TPSA) is 51.0 Å². The molecule has 1 aromatic heterocycles. The molecule has 1 atom stereocenters. The second-order valence-electron chi connectivity index (χ2n) is 6.65. The van der Waals surface area contributed by atoms with Gasteiger partial charge in [0.25, 0.3) is 0 Å². The molecule has 1 saturated heterocycles. The van der Waals surface area contributed by atoms with E-state index in [1.165, 1.54) is 29.3 Å². The van der Waals surface area contributed by atoms with Crippen LogP contribution in [0.25, 0.3) is 5.69 Å². The zero-order valence-electron chi connectivity index (χ0n) is 14.5. The van der Waals surface area contributed by atoms with E-state index >= 15 is 0 Å². The summed E-state index contributed by atoms with van der Waals surface area (Å²) in [5.74, 6) is 1.21. The number of thioether (sulfide) groups is 1. The molecule has 1 amide bonds. The summed E-state index contributed by atoms with van der Waals surface area (Å²) in [6, 6.07) is 6.31. The van der Waals surface area contributed by atoms with E-state index in [0.717, 1.165) is 30.4 Å². The second kappa shape index (κ2) is 7.38. The number of carbonyl (C=O) groups is 1. The van der Waals surface area contributed by atoms with Gasteiger partial charge >= 0.3 is 0 Å². The van der Waals surface area contributed by atoms with Gasteiger partial charge < -0.3 is 4.90 Å². The molecule has 1 aliphatic rings. The van der Waals surface area contributed by atoms with Gasteiger partial charge in [-0.15, -0.1) is 10.2 Å². The molecule has 0 N–H and O–H groups in total. The average molecular weight is 344 g/mol.